The lowest BCUT2D eigenvalue weighted by Gasteiger charge is -2.24. The van der Waals surface area contributed by atoms with Crippen molar-refractivity contribution >= 4 is 35.6 Å². The molecule has 3 amide bonds. The Balaban J connectivity index is 5.47. The van der Waals surface area contributed by atoms with E-state index in [1.54, 1.807) is 0 Å². The standard InChI is InChI=1S/C18H31N5O10/c19-6-2-1-3-10(21-15(29)9(20)8-24)16(30)23-12(7-14(27)28)17(31)22-11(18(32)33)4-5-13(25)26/h9-12,24H,1-8,19-20H2,(H,21,29)(H,22,31)(H,23,30)(H,25,26)(H,27,28)(H,32,33). The van der Waals surface area contributed by atoms with Gasteiger partial charge in [-0.15, -0.1) is 0 Å². The van der Waals surface area contributed by atoms with Crippen LogP contribution in [0.1, 0.15) is 38.5 Å². The van der Waals surface area contributed by atoms with Crippen molar-refractivity contribution in [2.45, 2.75) is 62.7 Å². The topological polar surface area (TPSA) is 271 Å². The zero-order valence-corrected chi connectivity index (χ0v) is 17.9. The quantitative estimate of drug-likeness (QED) is 0.0916. The molecule has 4 atom stereocenters. The molecule has 0 heterocycles. The summed E-state index contributed by atoms with van der Waals surface area (Å²) in [5, 5.41) is 42.4. The van der Waals surface area contributed by atoms with Gasteiger partial charge in [0.15, 0.2) is 0 Å². The third-order valence-electron chi connectivity index (χ3n) is 4.39. The Bertz CT molecular complexity index is 717. The fourth-order valence-electron chi connectivity index (χ4n) is 2.58. The van der Waals surface area contributed by atoms with Gasteiger partial charge >= 0.3 is 17.9 Å². The van der Waals surface area contributed by atoms with E-state index < -0.39 is 85.7 Å². The molecule has 0 aliphatic heterocycles. The Kier molecular flexibility index (Phi) is 13.9. The van der Waals surface area contributed by atoms with Crippen molar-refractivity contribution in [3.05, 3.63) is 0 Å². The molecule has 11 N–H and O–H groups in total. The Morgan fingerprint density at radius 2 is 1.27 bits per heavy atom. The van der Waals surface area contributed by atoms with Crippen LogP contribution in [0, 0.1) is 0 Å². The average molecular weight is 477 g/mol. The molecule has 0 radical (unpaired) electrons. The molecular formula is C18H31N5O10. The second kappa shape index (κ2) is 15.5. The molecule has 0 aromatic carbocycles. The summed E-state index contributed by atoms with van der Waals surface area (Å²) in [6.45, 7) is -0.394. The molecule has 0 saturated carbocycles. The Hall–Kier alpha value is -3.30. The summed E-state index contributed by atoms with van der Waals surface area (Å²) < 4.78 is 0. The smallest absolute Gasteiger partial charge is 0.326 e. The number of aliphatic carboxylic acids is 3. The molecule has 33 heavy (non-hydrogen) atoms. The first-order chi connectivity index (χ1) is 15.4. The number of aliphatic hydroxyl groups is 1. The normalized spacial score (nSPS) is 14.3. The van der Waals surface area contributed by atoms with E-state index >= 15 is 0 Å². The monoisotopic (exact) mass is 477 g/mol. The van der Waals surface area contributed by atoms with Crippen LogP contribution in [0.5, 0.6) is 0 Å². The lowest BCUT2D eigenvalue weighted by atomic mass is 10.1. The second-order valence-corrected chi connectivity index (χ2v) is 7.13. The van der Waals surface area contributed by atoms with Gasteiger partial charge in [0.2, 0.25) is 17.7 Å². The number of rotatable bonds is 17. The van der Waals surface area contributed by atoms with Crippen LogP contribution < -0.4 is 27.4 Å². The van der Waals surface area contributed by atoms with Crippen LogP contribution in [0.2, 0.25) is 0 Å². The van der Waals surface area contributed by atoms with E-state index in [4.69, 9.17) is 31.9 Å². The minimum absolute atomic E-state index is 0.0602. The fourth-order valence-corrected chi connectivity index (χ4v) is 2.58. The molecule has 0 aromatic heterocycles. The predicted molar refractivity (Wildman–Crippen MR) is 111 cm³/mol. The van der Waals surface area contributed by atoms with Crippen molar-refractivity contribution < 1.29 is 49.2 Å². The largest absolute Gasteiger partial charge is 0.481 e. The van der Waals surface area contributed by atoms with Crippen LogP contribution in [-0.4, -0.2) is 93.4 Å². The maximum atomic E-state index is 12.7. The van der Waals surface area contributed by atoms with Gasteiger partial charge in [-0.3, -0.25) is 24.0 Å². The highest BCUT2D eigenvalue weighted by molar-refractivity contribution is 5.95. The maximum Gasteiger partial charge on any atom is 0.326 e. The molecule has 0 rings (SSSR count). The Labute approximate surface area is 188 Å². The average Bonchev–Trinajstić information content (AvgIpc) is 2.73. The van der Waals surface area contributed by atoms with Crippen LogP contribution >= 0.6 is 0 Å². The highest BCUT2D eigenvalue weighted by Gasteiger charge is 2.31. The number of hydrogen-bond acceptors (Lipinski definition) is 9. The van der Waals surface area contributed by atoms with E-state index in [1.807, 2.05) is 5.32 Å². The molecule has 0 bridgehead atoms. The first-order valence-electron chi connectivity index (χ1n) is 10.1. The van der Waals surface area contributed by atoms with Crippen molar-refractivity contribution in [3.63, 3.8) is 0 Å². The lowest BCUT2D eigenvalue weighted by molar-refractivity contribution is -0.144. The summed E-state index contributed by atoms with van der Waals surface area (Å²) in [7, 11) is 0. The molecule has 0 saturated heterocycles. The summed E-state index contributed by atoms with van der Waals surface area (Å²) in [6.07, 6.45) is -1.02. The van der Waals surface area contributed by atoms with E-state index in [0.717, 1.165) is 0 Å². The van der Waals surface area contributed by atoms with Gasteiger partial charge in [0, 0.05) is 6.42 Å². The zero-order valence-electron chi connectivity index (χ0n) is 17.9. The first-order valence-corrected chi connectivity index (χ1v) is 10.1. The van der Waals surface area contributed by atoms with E-state index in [9.17, 15) is 28.8 Å². The van der Waals surface area contributed by atoms with Gasteiger partial charge in [-0.2, -0.15) is 0 Å². The third-order valence-corrected chi connectivity index (χ3v) is 4.39. The molecule has 188 valence electrons. The van der Waals surface area contributed by atoms with Crippen LogP contribution in [0.15, 0.2) is 0 Å². The Morgan fingerprint density at radius 1 is 0.727 bits per heavy atom. The number of unbranched alkanes of at least 4 members (excludes halogenated alkanes) is 1. The van der Waals surface area contributed by atoms with E-state index in [2.05, 4.69) is 10.6 Å². The highest BCUT2D eigenvalue weighted by Crippen LogP contribution is 2.05. The summed E-state index contributed by atoms with van der Waals surface area (Å²) >= 11 is 0. The van der Waals surface area contributed by atoms with Crippen molar-refractivity contribution in [1.82, 2.24) is 16.0 Å². The van der Waals surface area contributed by atoms with Gasteiger partial charge in [0.1, 0.15) is 24.2 Å². The summed E-state index contributed by atoms with van der Waals surface area (Å²) in [6, 6.07) is -5.92. The number of carbonyl (C=O) groups is 6. The number of hydrogen-bond donors (Lipinski definition) is 9. The van der Waals surface area contributed by atoms with Gasteiger partial charge < -0.3 is 47.8 Å². The summed E-state index contributed by atoms with van der Waals surface area (Å²) in [5.74, 6) is -7.30. The van der Waals surface area contributed by atoms with Crippen LogP contribution in [0.25, 0.3) is 0 Å². The number of aliphatic hydroxyl groups excluding tert-OH is 1. The number of nitrogens with two attached hydrogens (primary N) is 2. The molecule has 0 aromatic rings. The second-order valence-electron chi connectivity index (χ2n) is 7.13. The number of carboxylic acid groups (broad SMARTS) is 3. The van der Waals surface area contributed by atoms with Gasteiger partial charge in [-0.05, 0) is 32.2 Å². The van der Waals surface area contributed by atoms with Gasteiger partial charge in [0.25, 0.3) is 0 Å². The molecule has 0 aliphatic rings. The van der Waals surface area contributed by atoms with Gasteiger partial charge in [-0.1, -0.05) is 0 Å². The lowest BCUT2D eigenvalue weighted by Crippen LogP contribution is -2.57. The molecule has 15 nitrogen and oxygen atoms in total. The number of amides is 3. The molecule has 0 spiro atoms. The van der Waals surface area contributed by atoms with E-state index in [0.29, 0.717) is 19.4 Å². The van der Waals surface area contributed by atoms with Crippen LogP contribution in [-0.2, 0) is 28.8 Å². The minimum Gasteiger partial charge on any atom is -0.481 e. The number of carbonyl (C=O) groups excluding carboxylic acids is 3. The predicted octanol–water partition coefficient (Wildman–Crippen LogP) is -3.69. The third kappa shape index (κ3) is 12.4. The van der Waals surface area contributed by atoms with Crippen molar-refractivity contribution in [1.29, 1.82) is 0 Å². The molecule has 15 heteroatoms. The molecular weight excluding hydrogens is 446 g/mol. The minimum atomic E-state index is -1.72. The first kappa shape index (κ1) is 29.7. The zero-order chi connectivity index (χ0) is 25.6. The SMILES string of the molecule is NCCCCC(NC(=O)C(N)CO)C(=O)NC(CC(=O)O)C(=O)NC(CCC(=O)O)C(=O)O. The summed E-state index contributed by atoms with van der Waals surface area (Å²) in [4.78, 5) is 70.3. The van der Waals surface area contributed by atoms with Crippen molar-refractivity contribution in [2.24, 2.45) is 11.5 Å². The van der Waals surface area contributed by atoms with E-state index in [-0.39, 0.29) is 6.42 Å². The van der Waals surface area contributed by atoms with Crippen LogP contribution in [0.3, 0.4) is 0 Å². The molecule has 4 unspecified atom stereocenters. The maximum absolute atomic E-state index is 12.7. The van der Waals surface area contributed by atoms with Crippen molar-refractivity contribution in [3.8, 4) is 0 Å². The van der Waals surface area contributed by atoms with Crippen LogP contribution in [0.4, 0.5) is 0 Å². The van der Waals surface area contributed by atoms with Crippen molar-refractivity contribution in [2.75, 3.05) is 13.2 Å². The molecule has 0 aliphatic carbocycles. The van der Waals surface area contributed by atoms with E-state index in [1.165, 1.54) is 0 Å². The van der Waals surface area contributed by atoms with Gasteiger partial charge in [-0.25, -0.2) is 4.79 Å². The highest BCUT2D eigenvalue weighted by atomic mass is 16.4. The molecule has 0 fully saturated rings. The van der Waals surface area contributed by atoms with Gasteiger partial charge in [0.05, 0.1) is 13.0 Å². The summed E-state index contributed by atoms with van der Waals surface area (Å²) in [5.41, 5.74) is 10.8. The number of nitrogens with one attached hydrogen (secondary N) is 3. The number of carboxylic acids is 3. The fraction of sp³-hybridized carbons (Fsp3) is 0.667. The Morgan fingerprint density at radius 3 is 1.76 bits per heavy atom.